The number of nitrogens with zero attached hydrogens (tertiary/aromatic N) is 1. The Labute approximate surface area is 102 Å². The van der Waals surface area contributed by atoms with Crippen LogP contribution in [0.1, 0.15) is 5.82 Å². The van der Waals surface area contributed by atoms with Gasteiger partial charge in [-0.05, 0) is 19.1 Å². The van der Waals surface area contributed by atoms with Crippen molar-refractivity contribution in [1.82, 2.24) is 9.97 Å². The Hall–Kier alpha value is -2.31. The second kappa shape index (κ2) is 4.91. The maximum absolute atomic E-state index is 12.2. The molecule has 1 aromatic carbocycles. The molecule has 5 nitrogen and oxygen atoms in total. The zero-order valence-corrected chi connectivity index (χ0v) is 9.58. The Morgan fingerprint density at radius 3 is 2.72 bits per heavy atom. The molecule has 0 spiro atoms. The van der Waals surface area contributed by atoms with E-state index >= 15 is 0 Å². The molecular formula is C11H12F2N4O. The summed E-state index contributed by atoms with van der Waals surface area (Å²) in [5, 5.41) is 2.84. The van der Waals surface area contributed by atoms with Crippen molar-refractivity contribution >= 4 is 17.3 Å². The minimum Gasteiger partial charge on any atom is -0.433 e. The van der Waals surface area contributed by atoms with E-state index in [4.69, 9.17) is 5.73 Å². The van der Waals surface area contributed by atoms with E-state index in [0.29, 0.717) is 23.1 Å². The molecular weight excluding hydrogens is 242 g/mol. The zero-order valence-electron chi connectivity index (χ0n) is 9.58. The first-order valence-corrected chi connectivity index (χ1v) is 5.19. The first-order chi connectivity index (χ1) is 8.56. The number of hydrogen-bond donors (Lipinski definition) is 3. The van der Waals surface area contributed by atoms with Gasteiger partial charge < -0.3 is 20.8 Å². The van der Waals surface area contributed by atoms with Crippen molar-refractivity contribution in [1.29, 1.82) is 0 Å². The number of ether oxygens (including phenoxy) is 1. The van der Waals surface area contributed by atoms with Crippen molar-refractivity contribution in [2.24, 2.45) is 0 Å². The molecule has 0 aliphatic carbocycles. The molecule has 96 valence electrons. The summed E-state index contributed by atoms with van der Waals surface area (Å²) in [6.07, 6.45) is 0. The Balaban J connectivity index is 2.26. The molecule has 4 N–H and O–H groups in total. The molecule has 0 unspecified atom stereocenters. The summed E-state index contributed by atoms with van der Waals surface area (Å²) in [6, 6.07) is 6.32. The van der Waals surface area contributed by atoms with Crippen LogP contribution in [0.5, 0.6) is 5.75 Å². The van der Waals surface area contributed by atoms with Gasteiger partial charge in [-0.2, -0.15) is 8.78 Å². The maximum Gasteiger partial charge on any atom is 0.387 e. The fourth-order valence-corrected chi connectivity index (χ4v) is 1.50. The number of H-pyrrole nitrogens is 1. The molecule has 0 amide bonds. The third kappa shape index (κ3) is 2.68. The van der Waals surface area contributed by atoms with Crippen LogP contribution in [0.25, 0.3) is 0 Å². The quantitative estimate of drug-likeness (QED) is 0.784. The number of halogens is 2. The highest BCUT2D eigenvalue weighted by Crippen LogP contribution is 2.29. The molecule has 7 heteroatoms. The summed E-state index contributed by atoms with van der Waals surface area (Å²) in [5.74, 6) is 1.37. The second-order valence-corrected chi connectivity index (χ2v) is 3.58. The van der Waals surface area contributed by atoms with Crippen LogP contribution >= 0.6 is 0 Å². The molecule has 2 rings (SSSR count). The molecule has 1 aromatic heterocycles. The van der Waals surface area contributed by atoms with E-state index in [1.54, 1.807) is 25.1 Å². The number of benzene rings is 1. The average Bonchev–Trinajstić information content (AvgIpc) is 2.59. The van der Waals surface area contributed by atoms with Gasteiger partial charge in [0.15, 0.2) is 5.82 Å². The van der Waals surface area contributed by atoms with E-state index < -0.39 is 6.61 Å². The molecule has 0 saturated carbocycles. The lowest BCUT2D eigenvalue weighted by molar-refractivity contribution is -0.0493. The summed E-state index contributed by atoms with van der Waals surface area (Å²) in [6.45, 7) is -1.14. The van der Waals surface area contributed by atoms with Gasteiger partial charge in [-0.15, -0.1) is 0 Å². The fourth-order valence-electron chi connectivity index (χ4n) is 1.50. The largest absolute Gasteiger partial charge is 0.433 e. The minimum atomic E-state index is -2.88. The summed E-state index contributed by atoms with van der Waals surface area (Å²) in [4.78, 5) is 6.89. The maximum atomic E-state index is 12.2. The normalized spacial score (nSPS) is 10.7. The van der Waals surface area contributed by atoms with Crippen LogP contribution in [0, 0.1) is 6.92 Å². The minimum absolute atomic E-state index is 0.0348. The van der Waals surface area contributed by atoms with Crippen LogP contribution in [0.4, 0.5) is 26.1 Å². The van der Waals surface area contributed by atoms with Gasteiger partial charge in [-0.3, -0.25) is 0 Å². The highest BCUT2D eigenvalue weighted by molar-refractivity contribution is 5.70. The Morgan fingerprint density at radius 1 is 1.39 bits per heavy atom. The number of aryl methyl sites for hydroxylation is 1. The summed E-state index contributed by atoms with van der Waals surface area (Å²) in [5.41, 5.74) is 6.04. The van der Waals surface area contributed by atoms with E-state index in [9.17, 15) is 8.78 Å². The number of para-hydroxylation sites is 2. The Kier molecular flexibility index (Phi) is 3.31. The highest BCUT2D eigenvalue weighted by Gasteiger charge is 2.11. The van der Waals surface area contributed by atoms with Crippen LogP contribution in [-0.2, 0) is 0 Å². The van der Waals surface area contributed by atoms with E-state index in [2.05, 4.69) is 20.0 Å². The molecule has 1 heterocycles. The molecule has 0 aliphatic heterocycles. The van der Waals surface area contributed by atoms with Crippen LogP contribution in [0.3, 0.4) is 0 Å². The van der Waals surface area contributed by atoms with Gasteiger partial charge in [0.2, 0.25) is 0 Å². The van der Waals surface area contributed by atoms with Gasteiger partial charge in [-0.25, -0.2) is 4.98 Å². The number of imidazole rings is 1. The van der Waals surface area contributed by atoms with E-state index in [1.807, 2.05) is 0 Å². The zero-order chi connectivity index (χ0) is 13.1. The van der Waals surface area contributed by atoms with Crippen molar-refractivity contribution in [3.8, 4) is 5.75 Å². The van der Waals surface area contributed by atoms with Gasteiger partial charge in [0.1, 0.15) is 17.4 Å². The highest BCUT2D eigenvalue weighted by atomic mass is 19.3. The third-order valence-electron chi connectivity index (χ3n) is 2.21. The van der Waals surface area contributed by atoms with Gasteiger partial charge in [0, 0.05) is 0 Å². The molecule has 0 bridgehead atoms. The molecule has 18 heavy (non-hydrogen) atoms. The number of aromatic nitrogens is 2. The second-order valence-electron chi connectivity index (χ2n) is 3.58. The van der Waals surface area contributed by atoms with Crippen molar-refractivity contribution in [2.75, 3.05) is 11.1 Å². The first kappa shape index (κ1) is 12.2. The van der Waals surface area contributed by atoms with E-state index in [1.165, 1.54) is 6.07 Å². The molecule has 0 saturated heterocycles. The van der Waals surface area contributed by atoms with Gasteiger partial charge in [0.05, 0.1) is 5.69 Å². The lowest BCUT2D eigenvalue weighted by Crippen LogP contribution is -2.05. The van der Waals surface area contributed by atoms with Crippen molar-refractivity contribution in [2.45, 2.75) is 13.5 Å². The van der Waals surface area contributed by atoms with Crippen molar-refractivity contribution < 1.29 is 13.5 Å². The van der Waals surface area contributed by atoms with Crippen LogP contribution in [0.2, 0.25) is 0 Å². The summed E-state index contributed by atoms with van der Waals surface area (Å²) in [7, 11) is 0. The van der Waals surface area contributed by atoms with Crippen LogP contribution in [0.15, 0.2) is 24.3 Å². The SMILES string of the molecule is Cc1nc(Nc2ccccc2OC(F)F)c(N)[nH]1. The summed E-state index contributed by atoms with van der Waals surface area (Å²) < 4.78 is 28.8. The lowest BCUT2D eigenvalue weighted by atomic mass is 10.3. The number of nitrogens with two attached hydrogens (primary N) is 1. The van der Waals surface area contributed by atoms with Crippen molar-refractivity contribution in [3.05, 3.63) is 30.1 Å². The number of rotatable bonds is 4. The van der Waals surface area contributed by atoms with E-state index in [0.717, 1.165) is 0 Å². The van der Waals surface area contributed by atoms with Crippen LogP contribution in [-0.4, -0.2) is 16.6 Å². The molecule has 0 fully saturated rings. The Morgan fingerprint density at radius 2 is 2.11 bits per heavy atom. The van der Waals surface area contributed by atoms with Gasteiger partial charge in [0.25, 0.3) is 0 Å². The fraction of sp³-hybridized carbons (Fsp3) is 0.182. The predicted octanol–water partition coefficient (Wildman–Crippen LogP) is 2.65. The number of aromatic amines is 1. The number of alkyl halides is 2. The van der Waals surface area contributed by atoms with Gasteiger partial charge in [-0.1, -0.05) is 12.1 Å². The number of hydrogen-bond acceptors (Lipinski definition) is 4. The average molecular weight is 254 g/mol. The predicted molar refractivity (Wildman–Crippen MR) is 64.1 cm³/mol. The molecule has 2 aromatic rings. The third-order valence-corrected chi connectivity index (χ3v) is 2.21. The number of nitrogens with one attached hydrogen (secondary N) is 2. The summed E-state index contributed by atoms with van der Waals surface area (Å²) >= 11 is 0. The standard InChI is InChI=1S/C11H12F2N4O/c1-6-15-9(14)10(16-6)17-7-4-2-3-5-8(7)18-11(12)13/h2-5,11,17H,14H2,1H3,(H,15,16). The number of anilines is 3. The molecule has 0 atom stereocenters. The molecule has 0 radical (unpaired) electrons. The number of nitrogen functional groups attached to an aromatic ring is 1. The monoisotopic (exact) mass is 254 g/mol. The first-order valence-electron chi connectivity index (χ1n) is 5.19. The topological polar surface area (TPSA) is 76.0 Å². The van der Waals surface area contributed by atoms with E-state index in [-0.39, 0.29) is 5.75 Å². The molecule has 0 aliphatic rings. The van der Waals surface area contributed by atoms with Crippen molar-refractivity contribution in [3.63, 3.8) is 0 Å². The lowest BCUT2D eigenvalue weighted by Gasteiger charge is -2.11. The Bertz CT molecular complexity index is 542. The van der Waals surface area contributed by atoms with Gasteiger partial charge >= 0.3 is 6.61 Å². The van der Waals surface area contributed by atoms with Crippen LogP contribution < -0.4 is 15.8 Å². The smallest absolute Gasteiger partial charge is 0.387 e.